The second-order valence-electron chi connectivity index (χ2n) is 6.68. The number of benzene rings is 1. The van der Waals surface area contributed by atoms with Gasteiger partial charge in [0.25, 0.3) is 0 Å². The molecule has 5 heteroatoms. The summed E-state index contributed by atoms with van der Waals surface area (Å²) in [4.78, 5) is 12.3. The molecule has 134 valence electrons. The zero-order valence-electron chi connectivity index (χ0n) is 14.3. The van der Waals surface area contributed by atoms with E-state index in [1.54, 1.807) is 18.2 Å². The van der Waals surface area contributed by atoms with Crippen LogP contribution < -0.4 is 10.6 Å². The van der Waals surface area contributed by atoms with Gasteiger partial charge in [-0.3, -0.25) is 0 Å². The molecule has 1 aromatic rings. The van der Waals surface area contributed by atoms with Crippen LogP contribution in [0.2, 0.25) is 10.0 Å². The molecule has 3 nitrogen and oxygen atoms in total. The van der Waals surface area contributed by atoms with E-state index in [9.17, 15) is 4.79 Å². The van der Waals surface area contributed by atoms with E-state index in [4.69, 9.17) is 23.2 Å². The Morgan fingerprint density at radius 3 is 2.00 bits per heavy atom. The van der Waals surface area contributed by atoms with Crippen molar-refractivity contribution in [3.8, 4) is 0 Å². The van der Waals surface area contributed by atoms with Crippen LogP contribution in [0.15, 0.2) is 18.2 Å². The maximum absolute atomic E-state index is 12.3. The molecule has 1 saturated carbocycles. The molecule has 1 fully saturated rings. The van der Waals surface area contributed by atoms with E-state index in [1.165, 1.54) is 57.8 Å². The minimum absolute atomic E-state index is 0.198. The van der Waals surface area contributed by atoms with Crippen molar-refractivity contribution in [2.24, 2.45) is 0 Å². The number of carbonyl (C=O) groups excluding carboxylic acids is 1. The number of carbonyl (C=O) groups is 1. The fourth-order valence-electron chi connectivity index (χ4n) is 3.24. The van der Waals surface area contributed by atoms with Crippen LogP contribution in [0.1, 0.15) is 70.6 Å². The maximum atomic E-state index is 12.3. The number of rotatable bonds is 2. The van der Waals surface area contributed by atoms with E-state index >= 15 is 0 Å². The van der Waals surface area contributed by atoms with E-state index in [0.29, 0.717) is 15.7 Å². The van der Waals surface area contributed by atoms with Crippen LogP contribution in [0.3, 0.4) is 0 Å². The lowest BCUT2D eigenvalue weighted by molar-refractivity contribution is 0.246. The topological polar surface area (TPSA) is 41.1 Å². The molecule has 0 radical (unpaired) electrons. The van der Waals surface area contributed by atoms with Crippen LogP contribution in [0.4, 0.5) is 10.5 Å². The van der Waals surface area contributed by atoms with Gasteiger partial charge in [0, 0.05) is 11.1 Å². The molecule has 0 heterocycles. The van der Waals surface area contributed by atoms with Crippen LogP contribution in [-0.4, -0.2) is 12.1 Å². The standard InChI is InChI=1S/C19H28Cl2N2O/c20-15-12-13-17(21)18(14-15)23-19(24)22-16-10-8-6-4-2-1-3-5-7-9-11-16/h12-14,16H,1-11H2,(H2,22,23,24). The molecule has 0 bridgehead atoms. The molecule has 0 spiro atoms. The van der Waals surface area contributed by atoms with Crippen LogP contribution in [0.5, 0.6) is 0 Å². The number of hydrogen-bond acceptors (Lipinski definition) is 1. The summed E-state index contributed by atoms with van der Waals surface area (Å²) in [5.41, 5.74) is 0.551. The Bertz CT molecular complexity index is 510. The maximum Gasteiger partial charge on any atom is 0.319 e. The van der Waals surface area contributed by atoms with Crippen molar-refractivity contribution in [2.45, 2.75) is 76.7 Å². The molecule has 24 heavy (non-hydrogen) atoms. The summed E-state index contributed by atoms with van der Waals surface area (Å²) in [7, 11) is 0. The number of urea groups is 1. The highest BCUT2D eigenvalue weighted by atomic mass is 35.5. The molecule has 0 atom stereocenters. The third-order valence-electron chi connectivity index (χ3n) is 4.62. The first kappa shape index (κ1) is 19.4. The number of hydrogen-bond donors (Lipinski definition) is 2. The first-order valence-corrected chi connectivity index (χ1v) is 9.93. The molecule has 0 unspecified atom stereocenters. The molecular formula is C19H28Cl2N2O. The highest BCUT2D eigenvalue weighted by Crippen LogP contribution is 2.25. The second kappa shape index (κ2) is 10.8. The summed E-state index contributed by atoms with van der Waals surface area (Å²) in [5, 5.41) is 6.98. The second-order valence-corrected chi connectivity index (χ2v) is 7.52. The van der Waals surface area contributed by atoms with Crippen molar-refractivity contribution in [2.75, 3.05) is 5.32 Å². The summed E-state index contributed by atoms with van der Waals surface area (Å²) in [5.74, 6) is 0. The summed E-state index contributed by atoms with van der Waals surface area (Å²) in [6.07, 6.45) is 13.7. The number of amides is 2. The third kappa shape index (κ3) is 7.31. The summed E-state index contributed by atoms with van der Waals surface area (Å²) in [6, 6.07) is 5.11. The Balaban J connectivity index is 1.85. The Morgan fingerprint density at radius 1 is 0.875 bits per heavy atom. The van der Waals surface area contributed by atoms with Gasteiger partial charge in [0.1, 0.15) is 0 Å². The third-order valence-corrected chi connectivity index (χ3v) is 5.18. The highest BCUT2D eigenvalue weighted by molar-refractivity contribution is 6.35. The molecule has 1 aromatic carbocycles. The lowest BCUT2D eigenvalue weighted by Crippen LogP contribution is -2.38. The van der Waals surface area contributed by atoms with Gasteiger partial charge in [0.15, 0.2) is 0 Å². The van der Waals surface area contributed by atoms with Crippen LogP contribution in [0.25, 0.3) is 0 Å². The summed E-state index contributed by atoms with van der Waals surface area (Å²) >= 11 is 12.1. The van der Waals surface area contributed by atoms with Gasteiger partial charge < -0.3 is 10.6 Å². The van der Waals surface area contributed by atoms with E-state index in [-0.39, 0.29) is 12.1 Å². The molecule has 0 saturated heterocycles. The van der Waals surface area contributed by atoms with Gasteiger partial charge >= 0.3 is 6.03 Å². The van der Waals surface area contributed by atoms with Gasteiger partial charge in [-0.15, -0.1) is 0 Å². The van der Waals surface area contributed by atoms with Gasteiger partial charge in [-0.25, -0.2) is 4.79 Å². The molecule has 0 aromatic heterocycles. The van der Waals surface area contributed by atoms with Gasteiger partial charge in [0.2, 0.25) is 0 Å². The Morgan fingerprint density at radius 2 is 1.42 bits per heavy atom. The SMILES string of the molecule is O=C(Nc1cc(Cl)ccc1Cl)NC1CCCCCCCCCCC1. The van der Waals surface area contributed by atoms with E-state index in [0.717, 1.165) is 12.8 Å². The molecule has 2 amide bonds. The number of nitrogens with one attached hydrogen (secondary N) is 2. The molecule has 2 rings (SSSR count). The Labute approximate surface area is 155 Å². The van der Waals surface area contributed by atoms with Gasteiger partial charge in [-0.05, 0) is 31.0 Å². The molecular weight excluding hydrogens is 343 g/mol. The van der Waals surface area contributed by atoms with Crippen molar-refractivity contribution in [3.05, 3.63) is 28.2 Å². The number of anilines is 1. The number of halogens is 2. The smallest absolute Gasteiger partial charge is 0.319 e. The molecule has 0 aliphatic heterocycles. The van der Waals surface area contributed by atoms with E-state index in [1.807, 2.05) is 0 Å². The summed E-state index contributed by atoms with van der Waals surface area (Å²) < 4.78 is 0. The van der Waals surface area contributed by atoms with E-state index in [2.05, 4.69) is 10.6 Å². The van der Waals surface area contributed by atoms with Crippen molar-refractivity contribution in [1.29, 1.82) is 0 Å². The molecule has 1 aliphatic carbocycles. The average Bonchev–Trinajstić information content (AvgIpc) is 2.53. The van der Waals surface area contributed by atoms with Crippen molar-refractivity contribution in [3.63, 3.8) is 0 Å². The van der Waals surface area contributed by atoms with Gasteiger partial charge in [-0.2, -0.15) is 0 Å². The quantitative estimate of drug-likeness (QED) is 0.590. The monoisotopic (exact) mass is 370 g/mol. The van der Waals surface area contributed by atoms with Crippen LogP contribution in [-0.2, 0) is 0 Å². The first-order valence-electron chi connectivity index (χ1n) is 9.18. The fourth-order valence-corrected chi connectivity index (χ4v) is 3.58. The predicted molar refractivity (Wildman–Crippen MR) is 103 cm³/mol. The lowest BCUT2D eigenvalue weighted by Gasteiger charge is -2.20. The lowest BCUT2D eigenvalue weighted by atomic mass is 9.98. The van der Waals surface area contributed by atoms with Gasteiger partial charge in [0.05, 0.1) is 10.7 Å². The fraction of sp³-hybridized carbons (Fsp3) is 0.632. The minimum Gasteiger partial charge on any atom is -0.335 e. The normalized spacial score (nSPS) is 18.2. The molecule has 1 aliphatic rings. The minimum atomic E-state index is -0.198. The van der Waals surface area contributed by atoms with E-state index < -0.39 is 0 Å². The zero-order chi connectivity index (χ0) is 17.2. The Kier molecular flexibility index (Phi) is 8.76. The van der Waals surface area contributed by atoms with Crippen molar-refractivity contribution < 1.29 is 4.79 Å². The van der Waals surface area contributed by atoms with Gasteiger partial charge in [-0.1, -0.05) is 81.0 Å². The van der Waals surface area contributed by atoms with Crippen molar-refractivity contribution in [1.82, 2.24) is 5.32 Å². The average molecular weight is 371 g/mol. The summed E-state index contributed by atoms with van der Waals surface area (Å²) in [6.45, 7) is 0. The van der Waals surface area contributed by atoms with Crippen molar-refractivity contribution >= 4 is 34.9 Å². The van der Waals surface area contributed by atoms with Crippen LogP contribution >= 0.6 is 23.2 Å². The zero-order valence-corrected chi connectivity index (χ0v) is 15.8. The molecule has 2 N–H and O–H groups in total. The largest absolute Gasteiger partial charge is 0.335 e. The first-order chi connectivity index (χ1) is 11.6. The van der Waals surface area contributed by atoms with Crippen LogP contribution in [0, 0.1) is 0 Å². The predicted octanol–water partition coefficient (Wildman–Crippen LogP) is 6.79. The highest BCUT2D eigenvalue weighted by Gasteiger charge is 2.14. The Hall–Kier alpha value is -0.930.